The van der Waals surface area contributed by atoms with Gasteiger partial charge in [-0.25, -0.2) is 14.6 Å². The summed E-state index contributed by atoms with van der Waals surface area (Å²) in [7, 11) is 1.78. The van der Waals surface area contributed by atoms with Crippen molar-refractivity contribution in [2.24, 2.45) is 0 Å². The molecule has 0 aliphatic carbocycles. The summed E-state index contributed by atoms with van der Waals surface area (Å²) in [5.41, 5.74) is 9.59. The topological polar surface area (TPSA) is 111 Å². The Kier molecular flexibility index (Phi) is 5.91. The molecule has 0 spiro atoms. The van der Waals surface area contributed by atoms with Crippen LogP contribution in [0.4, 0.5) is 5.82 Å². The molecule has 0 aliphatic heterocycles. The number of aliphatic hydroxyl groups is 1. The number of aromatic nitrogens is 4. The summed E-state index contributed by atoms with van der Waals surface area (Å²) >= 11 is 0. The first-order valence-corrected chi connectivity index (χ1v) is 9.12. The molecule has 0 radical (unpaired) electrons. The van der Waals surface area contributed by atoms with Crippen molar-refractivity contribution in [2.45, 2.75) is 26.9 Å². The van der Waals surface area contributed by atoms with E-state index in [0.29, 0.717) is 29.8 Å². The summed E-state index contributed by atoms with van der Waals surface area (Å²) in [6.07, 6.45) is -0.586. The number of nitrogen functional groups attached to an aromatic ring is 1. The highest BCUT2D eigenvalue weighted by molar-refractivity contribution is 5.62. The molecule has 0 bridgehead atoms. The van der Waals surface area contributed by atoms with E-state index in [1.54, 1.807) is 11.7 Å². The zero-order chi connectivity index (χ0) is 20.3. The zero-order valence-corrected chi connectivity index (χ0v) is 16.6. The van der Waals surface area contributed by atoms with E-state index in [9.17, 15) is 5.11 Å². The number of benzene rings is 1. The van der Waals surface area contributed by atoms with Gasteiger partial charge in [-0.1, -0.05) is 12.1 Å². The standard InChI is InChI=1S/C20H26N6O2/c1-12-8-13(2)26(25-12)20-14(3)18(21)23-19(24-20)15-6-5-7-17(9-15)28-11-16(27)10-22-4/h5-9,16,22,27H,10-11H2,1-4H3,(H2,21,23,24). The van der Waals surface area contributed by atoms with Crippen LogP contribution in [0.15, 0.2) is 30.3 Å². The number of hydrogen-bond donors (Lipinski definition) is 3. The van der Waals surface area contributed by atoms with Crippen molar-refractivity contribution in [3.05, 3.63) is 47.3 Å². The number of nitrogens with two attached hydrogens (primary N) is 1. The third-order valence-electron chi connectivity index (χ3n) is 4.34. The van der Waals surface area contributed by atoms with Crippen molar-refractivity contribution in [3.8, 4) is 23.0 Å². The third kappa shape index (κ3) is 4.29. The molecule has 8 heteroatoms. The Bertz CT molecular complexity index is 969. The largest absolute Gasteiger partial charge is 0.491 e. The molecule has 0 saturated carbocycles. The van der Waals surface area contributed by atoms with Gasteiger partial charge in [-0.2, -0.15) is 5.10 Å². The lowest BCUT2D eigenvalue weighted by molar-refractivity contribution is 0.108. The van der Waals surface area contributed by atoms with Gasteiger partial charge in [0.05, 0.1) is 5.69 Å². The minimum atomic E-state index is -0.586. The number of aryl methyl sites for hydroxylation is 2. The molecule has 0 amide bonds. The maximum absolute atomic E-state index is 9.82. The Labute approximate surface area is 164 Å². The van der Waals surface area contributed by atoms with E-state index >= 15 is 0 Å². The number of nitrogens with zero attached hydrogens (tertiary/aromatic N) is 4. The van der Waals surface area contributed by atoms with Crippen LogP contribution in [-0.4, -0.2) is 51.2 Å². The molecule has 8 nitrogen and oxygen atoms in total. The highest BCUT2D eigenvalue weighted by Gasteiger charge is 2.15. The SMILES string of the molecule is CNCC(O)COc1cccc(-c2nc(N)c(C)c(-n3nc(C)cc3C)n2)c1. The maximum atomic E-state index is 9.82. The fourth-order valence-corrected chi connectivity index (χ4v) is 2.91. The lowest BCUT2D eigenvalue weighted by Crippen LogP contribution is -2.29. The molecule has 0 aliphatic rings. The van der Waals surface area contributed by atoms with Crippen molar-refractivity contribution < 1.29 is 9.84 Å². The minimum Gasteiger partial charge on any atom is -0.491 e. The molecule has 0 fully saturated rings. The van der Waals surface area contributed by atoms with E-state index in [2.05, 4.69) is 15.4 Å². The van der Waals surface area contributed by atoms with Crippen LogP contribution in [-0.2, 0) is 0 Å². The molecule has 2 aromatic heterocycles. The summed E-state index contributed by atoms with van der Waals surface area (Å²) in [6.45, 7) is 6.45. The fourth-order valence-electron chi connectivity index (χ4n) is 2.91. The van der Waals surface area contributed by atoms with E-state index in [1.165, 1.54) is 0 Å². The van der Waals surface area contributed by atoms with Crippen LogP contribution in [0.5, 0.6) is 5.75 Å². The molecular weight excluding hydrogens is 356 g/mol. The summed E-state index contributed by atoms with van der Waals surface area (Å²) in [4.78, 5) is 9.15. The summed E-state index contributed by atoms with van der Waals surface area (Å²) in [5.74, 6) is 2.18. The molecule has 148 valence electrons. The van der Waals surface area contributed by atoms with Gasteiger partial charge in [-0.15, -0.1) is 0 Å². The first-order valence-electron chi connectivity index (χ1n) is 9.12. The molecule has 1 aromatic carbocycles. The number of nitrogens with one attached hydrogen (secondary N) is 1. The van der Waals surface area contributed by atoms with Crippen LogP contribution in [0.25, 0.3) is 17.2 Å². The third-order valence-corrected chi connectivity index (χ3v) is 4.34. The van der Waals surface area contributed by atoms with Crippen LogP contribution >= 0.6 is 0 Å². The molecule has 3 rings (SSSR count). The number of hydrogen-bond acceptors (Lipinski definition) is 7. The van der Waals surface area contributed by atoms with E-state index in [0.717, 1.165) is 22.5 Å². The van der Waals surface area contributed by atoms with E-state index in [4.69, 9.17) is 15.5 Å². The number of ether oxygens (including phenoxy) is 1. The molecule has 1 unspecified atom stereocenters. The van der Waals surface area contributed by atoms with Crippen LogP contribution in [0, 0.1) is 20.8 Å². The average Bonchev–Trinajstić information content (AvgIpc) is 3.00. The van der Waals surface area contributed by atoms with E-state index in [1.807, 2.05) is 51.1 Å². The second-order valence-electron chi connectivity index (χ2n) is 6.77. The van der Waals surface area contributed by atoms with Gasteiger partial charge in [-0.05, 0) is 46.0 Å². The Hall–Kier alpha value is -2.97. The predicted octanol–water partition coefficient (Wildman–Crippen LogP) is 1.80. The average molecular weight is 382 g/mol. The molecule has 2 heterocycles. The maximum Gasteiger partial charge on any atom is 0.164 e. The lowest BCUT2D eigenvalue weighted by atomic mass is 10.2. The molecule has 0 saturated heterocycles. The summed E-state index contributed by atoms with van der Waals surface area (Å²) in [6, 6.07) is 9.40. The zero-order valence-electron chi connectivity index (χ0n) is 16.6. The van der Waals surface area contributed by atoms with Crippen molar-refractivity contribution in [2.75, 3.05) is 25.9 Å². The normalized spacial score (nSPS) is 12.2. The lowest BCUT2D eigenvalue weighted by Gasteiger charge is -2.14. The van der Waals surface area contributed by atoms with Crippen LogP contribution < -0.4 is 15.8 Å². The Morgan fingerprint density at radius 1 is 1.21 bits per heavy atom. The van der Waals surface area contributed by atoms with Gasteiger partial charge in [0, 0.05) is 23.4 Å². The van der Waals surface area contributed by atoms with Crippen molar-refractivity contribution >= 4 is 5.82 Å². The summed E-state index contributed by atoms with van der Waals surface area (Å²) < 4.78 is 7.46. The summed E-state index contributed by atoms with van der Waals surface area (Å²) in [5, 5.41) is 17.2. The van der Waals surface area contributed by atoms with Crippen LogP contribution in [0.1, 0.15) is 17.0 Å². The number of rotatable bonds is 7. The van der Waals surface area contributed by atoms with Crippen molar-refractivity contribution in [3.63, 3.8) is 0 Å². The van der Waals surface area contributed by atoms with E-state index in [-0.39, 0.29) is 6.61 Å². The van der Waals surface area contributed by atoms with Crippen LogP contribution in [0.3, 0.4) is 0 Å². The second-order valence-corrected chi connectivity index (χ2v) is 6.77. The monoisotopic (exact) mass is 382 g/mol. The first-order chi connectivity index (χ1) is 13.4. The van der Waals surface area contributed by atoms with Gasteiger partial charge in [0.2, 0.25) is 0 Å². The molecular formula is C20H26N6O2. The highest BCUT2D eigenvalue weighted by Crippen LogP contribution is 2.26. The van der Waals surface area contributed by atoms with Gasteiger partial charge in [-0.3, -0.25) is 0 Å². The highest BCUT2D eigenvalue weighted by atomic mass is 16.5. The molecule has 28 heavy (non-hydrogen) atoms. The van der Waals surface area contributed by atoms with Gasteiger partial charge >= 0.3 is 0 Å². The minimum absolute atomic E-state index is 0.193. The predicted molar refractivity (Wildman–Crippen MR) is 109 cm³/mol. The van der Waals surface area contributed by atoms with Gasteiger partial charge < -0.3 is 20.9 Å². The Morgan fingerprint density at radius 2 is 2.00 bits per heavy atom. The second kappa shape index (κ2) is 8.37. The number of likely N-dealkylation sites (N-methyl/N-ethyl adjacent to an activating group) is 1. The Morgan fingerprint density at radius 3 is 2.68 bits per heavy atom. The quantitative estimate of drug-likeness (QED) is 0.571. The van der Waals surface area contributed by atoms with Crippen molar-refractivity contribution in [1.29, 1.82) is 0 Å². The van der Waals surface area contributed by atoms with Crippen LogP contribution in [0.2, 0.25) is 0 Å². The fraction of sp³-hybridized carbons (Fsp3) is 0.350. The number of aliphatic hydroxyl groups excluding tert-OH is 1. The Balaban J connectivity index is 1.94. The van der Waals surface area contributed by atoms with Gasteiger partial charge in [0.1, 0.15) is 24.3 Å². The van der Waals surface area contributed by atoms with Gasteiger partial charge in [0.15, 0.2) is 11.6 Å². The van der Waals surface area contributed by atoms with E-state index < -0.39 is 6.10 Å². The van der Waals surface area contributed by atoms with Gasteiger partial charge in [0.25, 0.3) is 0 Å². The molecule has 4 N–H and O–H groups in total. The molecule has 3 aromatic rings. The smallest absolute Gasteiger partial charge is 0.164 e. The number of anilines is 1. The first kappa shape index (κ1) is 19.8. The molecule has 1 atom stereocenters. The van der Waals surface area contributed by atoms with Crippen molar-refractivity contribution in [1.82, 2.24) is 25.1 Å².